The van der Waals surface area contributed by atoms with Crippen LogP contribution in [0.4, 0.5) is 0 Å². The van der Waals surface area contributed by atoms with Crippen LogP contribution in [0.1, 0.15) is 32.6 Å². The van der Waals surface area contributed by atoms with Crippen molar-refractivity contribution in [1.29, 1.82) is 0 Å². The number of ether oxygens (including phenoxy) is 2. The maximum Gasteiger partial charge on any atom is 0.217 e. The second kappa shape index (κ2) is 7.25. The number of methoxy groups -OCH3 is 2. The van der Waals surface area contributed by atoms with E-state index >= 15 is 0 Å². The quantitative estimate of drug-likeness (QED) is 0.436. The van der Waals surface area contributed by atoms with Crippen LogP contribution < -0.4 is 0 Å². The zero-order valence-corrected chi connectivity index (χ0v) is 8.13. The van der Waals surface area contributed by atoms with Crippen LogP contribution in [0.5, 0.6) is 0 Å². The number of ketones is 1. The normalized spacial score (nSPS) is 10.7. The summed E-state index contributed by atoms with van der Waals surface area (Å²) < 4.78 is 9.64. The lowest BCUT2D eigenvalue weighted by molar-refractivity contribution is -0.156. The Balaban J connectivity index is 3.54. The molecule has 3 nitrogen and oxygen atoms in total. The van der Waals surface area contributed by atoms with Gasteiger partial charge in [0, 0.05) is 20.6 Å². The summed E-state index contributed by atoms with van der Waals surface area (Å²) in [5.41, 5.74) is 0. The fourth-order valence-corrected chi connectivity index (χ4v) is 1.03. The Morgan fingerprint density at radius 1 is 1.25 bits per heavy atom. The summed E-state index contributed by atoms with van der Waals surface area (Å²) in [6.45, 7) is 2.11. The molecule has 0 saturated carbocycles. The first kappa shape index (κ1) is 11.6. The zero-order valence-electron chi connectivity index (χ0n) is 8.13. The molecule has 0 N–H and O–H groups in total. The van der Waals surface area contributed by atoms with E-state index < -0.39 is 6.29 Å². The first-order chi connectivity index (χ1) is 5.76. The Morgan fingerprint density at radius 2 is 1.83 bits per heavy atom. The van der Waals surface area contributed by atoms with Gasteiger partial charge in [-0.05, 0) is 6.42 Å². The van der Waals surface area contributed by atoms with Crippen molar-refractivity contribution < 1.29 is 14.3 Å². The van der Waals surface area contributed by atoms with Crippen LogP contribution in [-0.2, 0) is 14.3 Å². The van der Waals surface area contributed by atoms with Crippen LogP contribution in [0.15, 0.2) is 0 Å². The van der Waals surface area contributed by atoms with Gasteiger partial charge < -0.3 is 9.47 Å². The van der Waals surface area contributed by atoms with Crippen LogP contribution in [0.2, 0.25) is 0 Å². The van der Waals surface area contributed by atoms with Gasteiger partial charge in [-0.15, -0.1) is 0 Å². The van der Waals surface area contributed by atoms with Crippen molar-refractivity contribution in [2.45, 2.75) is 38.9 Å². The summed E-state index contributed by atoms with van der Waals surface area (Å²) >= 11 is 0. The van der Waals surface area contributed by atoms with Gasteiger partial charge in [-0.3, -0.25) is 4.79 Å². The van der Waals surface area contributed by atoms with Crippen LogP contribution >= 0.6 is 0 Å². The number of hydrogen-bond donors (Lipinski definition) is 0. The average molecular weight is 174 g/mol. The van der Waals surface area contributed by atoms with E-state index in [1.54, 1.807) is 0 Å². The van der Waals surface area contributed by atoms with Crippen molar-refractivity contribution in [3.63, 3.8) is 0 Å². The average Bonchev–Trinajstić information content (AvgIpc) is 2.07. The molecule has 0 radical (unpaired) electrons. The third-order valence-corrected chi connectivity index (χ3v) is 1.72. The second-order valence-electron chi connectivity index (χ2n) is 2.73. The number of carbonyl (C=O) groups excluding carboxylic acids is 1. The highest BCUT2D eigenvalue weighted by Gasteiger charge is 2.15. The molecular formula is C9H18O3. The van der Waals surface area contributed by atoms with Crippen molar-refractivity contribution in [1.82, 2.24) is 0 Å². The smallest absolute Gasteiger partial charge is 0.217 e. The molecule has 0 aromatic carbocycles. The monoisotopic (exact) mass is 174 g/mol. The van der Waals surface area contributed by atoms with Crippen LogP contribution in [0, 0.1) is 0 Å². The molecule has 0 saturated heterocycles. The molecule has 0 aromatic rings. The predicted molar refractivity (Wildman–Crippen MR) is 47.0 cm³/mol. The number of carbonyl (C=O) groups is 1. The Hall–Kier alpha value is -0.410. The summed E-state index contributed by atoms with van der Waals surface area (Å²) in [6.07, 6.45) is 3.03. The summed E-state index contributed by atoms with van der Waals surface area (Å²) in [6, 6.07) is 0. The minimum Gasteiger partial charge on any atom is -0.349 e. The van der Waals surface area contributed by atoms with E-state index in [1.807, 2.05) is 0 Å². The van der Waals surface area contributed by atoms with Gasteiger partial charge in [0.15, 0.2) is 5.78 Å². The summed E-state index contributed by atoms with van der Waals surface area (Å²) in [4.78, 5) is 11.2. The van der Waals surface area contributed by atoms with E-state index in [4.69, 9.17) is 9.47 Å². The van der Waals surface area contributed by atoms with Crippen molar-refractivity contribution in [3.8, 4) is 0 Å². The molecule has 0 atom stereocenters. The van der Waals surface area contributed by atoms with Gasteiger partial charge in [0.05, 0.1) is 0 Å². The third-order valence-electron chi connectivity index (χ3n) is 1.72. The first-order valence-corrected chi connectivity index (χ1v) is 4.34. The lowest BCUT2D eigenvalue weighted by Gasteiger charge is -2.11. The molecule has 0 bridgehead atoms. The van der Waals surface area contributed by atoms with E-state index in [-0.39, 0.29) is 5.78 Å². The molecule has 0 rings (SSSR count). The van der Waals surface area contributed by atoms with E-state index in [9.17, 15) is 4.79 Å². The highest BCUT2D eigenvalue weighted by molar-refractivity contribution is 5.81. The Morgan fingerprint density at radius 3 is 2.25 bits per heavy atom. The molecule has 0 aromatic heterocycles. The molecule has 0 heterocycles. The highest BCUT2D eigenvalue weighted by atomic mass is 16.7. The minimum atomic E-state index is -0.665. The van der Waals surface area contributed by atoms with Gasteiger partial charge in [0.2, 0.25) is 6.29 Å². The molecule has 0 amide bonds. The van der Waals surface area contributed by atoms with Crippen LogP contribution in [0.25, 0.3) is 0 Å². The lowest BCUT2D eigenvalue weighted by Crippen LogP contribution is -2.24. The summed E-state index contributed by atoms with van der Waals surface area (Å²) in [7, 11) is 2.96. The molecule has 0 unspecified atom stereocenters. The number of Topliss-reactive ketones (excluding diaryl/α,β-unsaturated/α-hetero) is 1. The summed E-state index contributed by atoms with van der Waals surface area (Å²) in [5.74, 6) is 0.0356. The van der Waals surface area contributed by atoms with Crippen LogP contribution in [0.3, 0.4) is 0 Å². The molecule has 12 heavy (non-hydrogen) atoms. The maximum atomic E-state index is 11.2. The first-order valence-electron chi connectivity index (χ1n) is 4.34. The highest BCUT2D eigenvalue weighted by Crippen LogP contribution is 2.04. The van der Waals surface area contributed by atoms with Crippen molar-refractivity contribution in [2.24, 2.45) is 0 Å². The Kier molecular flexibility index (Phi) is 7.00. The van der Waals surface area contributed by atoms with Gasteiger partial charge in [-0.2, -0.15) is 0 Å². The molecule has 0 aliphatic heterocycles. The molecule has 0 fully saturated rings. The largest absolute Gasteiger partial charge is 0.349 e. The third kappa shape index (κ3) is 4.46. The standard InChI is InChI=1S/C9H18O3/c1-4-5-6-7-8(10)9(11-2)12-3/h9H,4-7H2,1-3H3. The Labute approximate surface area is 74.0 Å². The molecule has 72 valence electrons. The fourth-order valence-electron chi connectivity index (χ4n) is 1.03. The number of rotatable bonds is 7. The van der Waals surface area contributed by atoms with E-state index in [1.165, 1.54) is 14.2 Å². The van der Waals surface area contributed by atoms with Crippen molar-refractivity contribution >= 4 is 5.78 Å². The molecule has 0 aliphatic rings. The SMILES string of the molecule is CCCCCC(=O)C(OC)OC. The van der Waals surface area contributed by atoms with Gasteiger partial charge in [-0.25, -0.2) is 0 Å². The van der Waals surface area contributed by atoms with E-state index in [0.29, 0.717) is 6.42 Å². The topological polar surface area (TPSA) is 35.5 Å². The molecule has 3 heteroatoms. The second-order valence-corrected chi connectivity index (χ2v) is 2.73. The predicted octanol–water partition coefficient (Wildman–Crippen LogP) is 1.75. The van der Waals surface area contributed by atoms with E-state index in [2.05, 4.69) is 6.92 Å². The van der Waals surface area contributed by atoms with E-state index in [0.717, 1.165) is 19.3 Å². The van der Waals surface area contributed by atoms with Gasteiger partial charge in [0.1, 0.15) is 0 Å². The molecular weight excluding hydrogens is 156 g/mol. The number of hydrogen-bond acceptors (Lipinski definition) is 3. The van der Waals surface area contributed by atoms with Crippen molar-refractivity contribution in [3.05, 3.63) is 0 Å². The fraction of sp³-hybridized carbons (Fsp3) is 0.889. The zero-order chi connectivity index (χ0) is 9.40. The van der Waals surface area contributed by atoms with Crippen molar-refractivity contribution in [2.75, 3.05) is 14.2 Å². The van der Waals surface area contributed by atoms with Gasteiger partial charge >= 0.3 is 0 Å². The summed E-state index contributed by atoms with van der Waals surface area (Å²) in [5, 5.41) is 0. The molecule has 0 aliphatic carbocycles. The van der Waals surface area contributed by atoms with Gasteiger partial charge in [-0.1, -0.05) is 19.8 Å². The lowest BCUT2D eigenvalue weighted by atomic mass is 10.1. The minimum absolute atomic E-state index is 0.0356. The number of unbranched alkanes of at least 4 members (excludes halogenated alkanes) is 2. The van der Waals surface area contributed by atoms with Gasteiger partial charge in [0.25, 0.3) is 0 Å². The Bertz CT molecular complexity index is 119. The molecule has 0 spiro atoms. The van der Waals surface area contributed by atoms with Crippen LogP contribution in [-0.4, -0.2) is 26.3 Å². The maximum absolute atomic E-state index is 11.2.